The molecule has 0 spiro atoms. The van der Waals surface area contributed by atoms with Crippen LogP contribution in [0.4, 0.5) is 10.3 Å². The maximum Gasteiger partial charge on any atom is 0.224 e. The topological polar surface area (TPSA) is 42.7 Å². The zero-order chi connectivity index (χ0) is 10.8. The molecule has 1 N–H and O–H groups in total. The van der Waals surface area contributed by atoms with Gasteiger partial charge in [0, 0.05) is 14.1 Å². The number of anilines is 1. The molecule has 0 aliphatic carbocycles. The van der Waals surface area contributed by atoms with Gasteiger partial charge in [-0.25, -0.2) is 4.39 Å². The van der Waals surface area contributed by atoms with E-state index in [1.165, 1.54) is 6.07 Å². The van der Waals surface area contributed by atoms with Crippen molar-refractivity contribution in [2.75, 3.05) is 12.4 Å². The lowest BCUT2D eigenvalue weighted by atomic mass is 10.2. The van der Waals surface area contributed by atoms with Gasteiger partial charge in [0.05, 0.1) is 5.56 Å². The van der Waals surface area contributed by atoms with Gasteiger partial charge in [-0.2, -0.15) is 0 Å². The summed E-state index contributed by atoms with van der Waals surface area (Å²) in [6.45, 7) is 0. The molecule has 2 rings (SSSR count). The highest BCUT2D eigenvalue weighted by molar-refractivity contribution is 5.57. The van der Waals surface area contributed by atoms with Gasteiger partial charge in [-0.3, -0.25) is 4.57 Å². The Labute approximate surface area is 86.8 Å². The van der Waals surface area contributed by atoms with Crippen LogP contribution < -0.4 is 5.32 Å². The van der Waals surface area contributed by atoms with Crippen molar-refractivity contribution in [2.24, 2.45) is 7.05 Å². The van der Waals surface area contributed by atoms with E-state index in [2.05, 4.69) is 15.5 Å². The third kappa shape index (κ3) is 1.56. The first-order valence-corrected chi connectivity index (χ1v) is 4.56. The predicted molar refractivity (Wildman–Crippen MR) is 55.9 cm³/mol. The summed E-state index contributed by atoms with van der Waals surface area (Å²) < 4.78 is 15.2. The lowest BCUT2D eigenvalue weighted by Crippen LogP contribution is -2.00. The van der Waals surface area contributed by atoms with Crippen molar-refractivity contribution in [3.05, 3.63) is 30.1 Å². The van der Waals surface area contributed by atoms with Gasteiger partial charge in [0.2, 0.25) is 5.95 Å². The normalized spacial score (nSPS) is 10.3. The molecule has 0 aliphatic rings. The Morgan fingerprint density at radius 1 is 1.27 bits per heavy atom. The Morgan fingerprint density at radius 3 is 2.60 bits per heavy atom. The van der Waals surface area contributed by atoms with E-state index < -0.39 is 0 Å². The maximum atomic E-state index is 13.5. The van der Waals surface area contributed by atoms with Gasteiger partial charge in [0.1, 0.15) is 5.82 Å². The molecule has 5 heteroatoms. The Hall–Kier alpha value is -1.91. The van der Waals surface area contributed by atoms with Gasteiger partial charge in [0.25, 0.3) is 0 Å². The van der Waals surface area contributed by atoms with Gasteiger partial charge in [-0.15, -0.1) is 10.2 Å². The minimum Gasteiger partial charge on any atom is -0.357 e. The summed E-state index contributed by atoms with van der Waals surface area (Å²) in [5.74, 6) is 0.821. The number of halogens is 1. The first-order chi connectivity index (χ1) is 7.24. The van der Waals surface area contributed by atoms with Crippen LogP contribution in [-0.4, -0.2) is 21.8 Å². The summed E-state index contributed by atoms with van der Waals surface area (Å²) in [6, 6.07) is 6.50. The van der Waals surface area contributed by atoms with E-state index in [-0.39, 0.29) is 5.82 Å². The molecule has 0 radical (unpaired) electrons. The molecule has 0 bridgehead atoms. The summed E-state index contributed by atoms with van der Waals surface area (Å²) in [7, 11) is 3.53. The number of nitrogens with zero attached hydrogens (tertiary/aromatic N) is 3. The molecular weight excluding hydrogens is 195 g/mol. The molecule has 0 unspecified atom stereocenters. The fourth-order valence-electron chi connectivity index (χ4n) is 1.42. The molecule has 2 aromatic rings. The molecule has 78 valence electrons. The summed E-state index contributed by atoms with van der Waals surface area (Å²) in [5, 5.41) is 10.7. The van der Waals surface area contributed by atoms with Crippen molar-refractivity contribution < 1.29 is 4.39 Å². The number of aromatic nitrogens is 3. The second kappa shape index (κ2) is 3.68. The first-order valence-electron chi connectivity index (χ1n) is 4.56. The van der Waals surface area contributed by atoms with Crippen LogP contribution in [0, 0.1) is 5.82 Å². The highest BCUT2D eigenvalue weighted by atomic mass is 19.1. The maximum absolute atomic E-state index is 13.5. The van der Waals surface area contributed by atoms with Crippen molar-refractivity contribution in [3.63, 3.8) is 0 Å². The standard InChI is InChI=1S/C10H11FN4/c1-12-10-14-13-9(15(10)2)7-5-3-4-6-8(7)11/h3-6H,1-2H3,(H,12,14). The number of hydrogen-bond donors (Lipinski definition) is 1. The van der Waals surface area contributed by atoms with Crippen LogP contribution in [0.25, 0.3) is 11.4 Å². The van der Waals surface area contributed by atoms with E-state index in [1.54, 1.807) is 36.9 Å². The SMILES string of the molecule is CNc1nnc(-c2ccccc2F)n1C. The lowest BCUT2D eigenvalue weighted by molar-refractivity contribution is 0.629. The zero-order valence-electron chi connectivity index (χ0n) is 8.53. The molecule has 1 aromatic carbocycles. The van der Waals surface area contributed by atoms with Crippen molar-refractivity contribution in [1.82, 2.24) is 14.8 Å². The van der Waals surface area contributed by atoms with Crippen LogP contribution in [0.15, 0.2) is 24.3 Å². The van der Waals surface area contributed by atoms with E-state index in [9.17, 15) is 4.39 Å². The number of hydrogen-bond acceptors (Lipinski definition) is 3. The monoisotopic (exact) mass is 206 g/mol. The molecule has 1 heterocycles. The van der Waals surface area contributed by atoms with Gasteiger partial charge in [-0.1, -0.05) is 12.1 Å². The summed E-state index contributed by atoms with van der Waals surface area (Å²) in [6.07, 6.45) is 0. The fourth-order valence-corrected chi connectivity index (χ4v) is 1.42. The molecule has 1 aromatic heterocycles. The Bertz CT molecular complexity index is 478. The fraction of sp³-hybridized carbons (Fsp3) is 0.200. The van der Waals surface area contributed by atoms with Crippen LogP contribution in [0.5, 0.6) is 0 Å². The van der Waals surface area contributed by atoms with Crippen LogP contribution in [0.2, 0.25) is 0 Å². The Balaban J connectivity index is 2.55. The van der Waals surface area contributed by atoms with Crippen molar-refractivity contribution >= 4 is 5.95 Å². The van der Waals surface area contributed by atoms with Gasteiger partial charge >= 0.3 is 0 Å². The largest absolute Gasteiger partial charge is 0.357 e. The molecular formula is C10H11FN4. The van der Waals surface area contributed by atoms with Crippen LogP contribution in [0.1, 0.15) is 0 Å². The van der Waals surface area contributed by atoms with Crippen molar-refractivity contribution in [3.8, 4) is 11.4 Å². The van der Waals surface area contributed by atoms with Gasteiger partial charge in [-0.05, 0) is 12.1 Å². The molecule has 0 saturated carbocycles. The summed E-state index contributed by atoms with van der Waals surface area (Å²) in [5.41, 5.74) is 0.453. The van der Waals surface area contributed by atoms with E-state index in [1.807, 2.05) is 0 Å². The number of nitrogens with one attached hydrogen (secondary N) is 1. The number of benzene rings is 1. The quantitative estimate of drug-likeness (QED) is 0.812. The number of rotatable bonds is 2. The van der Waals surface area contributed by atoms with Crippen LogP contribution >= 0.6 is 0 Å². The van der Waals surface area contributed by atoms with E-state index in [4.69, 9.17) is 0 Å². The second-order valence-corrected chi connectivity index (χ2v) is 3.14. The average molecular weight is 206 g/mol. The summed E-state index contributed by atoms with van der Waals surface area (Å²) >= 11 is 0. The lowest BCUT2D eigenvalue weighted by Gasteiger charge is -2.03. The first kappa shape index (κ1) is 9.64. The minimum atomic E-state index is -0.296. The third-order valence-corrected chi connectivity index (χ3v) is 2.21. The Morgan fingerprint density at radius 2 is 2.00 bits per heavy atom. The smallest absolute Gasteiger partial charge is 0.224 e. The average Bonchev–Trinajstić information content (AvgIpc) is 2.60. The Kier molecular flexibility index (Phi) is 2.37. The highest BCUT2D eigenvalue weighted by Crippen LogP contribution is 2.21. The van der Waals surface area contributed by atoms with Gasteiger partial charge in [0.15, 0.2) is 5.82 Å². The predicted octanol–water partition coefficient (Wildman–Crippen LogP) is 1.66. The third-order valence-electron chi connectivity index (χ3n) is 2.21. The zero-order valence-corrected chi connectivity index (χ0v) is 8.53. The molecule has 0 amide bonds. The highest BCUT2D eigenvalue weighted by Gasteiger charge is 2.12. The molecule has 0 atom stereocenters. The second-order valence-electron chi connectivity index (χ2n) is 3.14. The summed E-state index contributed by atoms with van der Waals surface area (Å²) in [4.78, 5) is 0. The molecule has 15 heavy (non-hydrogen) atoms. The van der Waals surface area contributed by atoms with E-state index in [0.717, 1.165) is 0 Å². The molecule has 0 fully saturated rings. The minimum absolute atomic E-state index is 0.296. The van der Waals surface area contributed by atoms with Crippen molar-refractivity contribution in [2.45, 2.75) is 0 Å². The molecule has 0 aliphatic heterocycles. The van der Waals surface area contributed by atoms with E-state index >= 15 is 0 Å². The molecule has 0 saturated heterocycles. The van der Waals surface area contributed by atoms with Crippen LogP contribution in [0.3, 0.4) is 0 Å². The molecule has 4 nitrogen and oxygen atoms in total. The van der Waals surface area contributed by atoms with Crippen LogP contribution in [-0.2, 0) is 7.05 Å². The van der Waals surface area contributed by atoms with E-state index in [0.29, 0.717) is 17.3 Å². The van der Waals surface area contributed by atoms with Gasteiger partial charge < -0.3 is 5.32 Å². The van der Waals surface area contributed by atoms with Crippen molar-refractivity contribution in [1.29, 1.82) is 0 Å².